The van der Waals surface area contributed by atoms with E-state index in [-0.39, 0.29) is 17.2 Å². The lowest BCUT2D eigenvalue weighted by atomic mass is 10.1. The molecule has 0 aliphatic rings. The third-order valence-electron chi connectivity index (χ3n) is 2.09. The minimum absolute atomic E-state index is 0.0156. The van der Waals surface area contributed by atoms with Crippen LogP contribution in [0.1, 0.15) is 12.5 Å². The van der Waals surface area contributed by atoms with Crippen molar-refractivity contribution in [2.45, 2.75) is 6.92 Å². The molecule has 0 amide bonds. The minimum Gasteiger partial charge on any atom is -0.411 e. The molecule has 0 spiro atoms. The molecule has 88 valence electrons. The number of halogens is 1. The topological polar surface area (TPSA) is 66.7 Å². The predicted octanol–water partition coefficient (Wildman–Crippen LogP) is 1.44. The van der Waals surface area contributed by atoms with Crippen molar-refractivity contribution < 1.29 is 18.0 Å². The summed E-state index contributed by atoms with van der Waals surface area (Å²) in [7, 11) is -3.27. The zero-order chi connectivity index (χ0) is 12.2. The Kier molecular flexibility index (Phi) is 4.00. The van der Waals surface area contributed by atoms with Crippen molar-refractivity contribution in [3.05, 3.63) is 35.6 Å². The quantitative estimate of drug-likeness (QED) is 0.496. The lowest BCUT2D eigenvalue weighted by Gasteiger charge is -2.04. The maximum Gasteiger partial charge on any atom is 0.155 e. The van der Waals surface area contributed by atoms with Crippen molar-refractivity contribution in [1.29, 1.82) is 0 Å². The van der Waals surface area contributed by atoms with Crippen LogP contribution in [0.3, 0.4) is 0 Å². The van der Waals surface area contributed by atoms with E-state index in [1.165, 1.54) is 31.2 Å². The van der Waals surface area contributed by atoms with Crippen LogP contribution < -0.4 is 0 Å². The first kappa shape index (κ1) is 12.6. The average Bonchev–Trinajstić information content (AvgIpc) is 2.27. The van der Waals surface area contributed by atoms with Gasteiger partial charge in [0.25, 0.3) is 0 Å². The highest BCUT2D eigenvalue weighted by Gasteiger charge is 2.14. The van der Waals surface area contributed by atoms with E-state index in [1.54, 1.807) is 0 Å². The lowest BCUT2D eigenvalue weighted by Crippen LogP contribution is -2.18. The molecule has 0 fully saturated rings. The number of hydrogen-bond acceptors (Lipinski definition) is 4. The maximum atomic E-state index is 12.6. The van der Waals surface area contributed by atoms with Gasteiger partial charge in [-0.2, -0.15) is 0 Å². The Morgan fingerprint density at radius 2 is 1.94 bits per heavy atom. The fourth-order valence-corrected chi connectivity index (χ4v) is 1.97. The Labute approximate surface area is 93.3 Å². The summed E-state index contributed by atoms with van der Waals surface area (Å²) in [5, 5.41) is 11.7. The molecule has 0 aliphatic carbocycles. The first-order chi connectivity index (χ1) is 7.48. The molecule has 0 aromatic heterocycles. The monoisotopic (exact) mass is 245 g/mol. The number of rotatable bonds is 4. The molecule has 0 bridgehead atoms. The first-order valence-electron chi connectivity index (χ1n) is 4.66. The smallest absolute Gasteiger partial charge is 0.155 e. The summed E-state index contributed by atoms with van der Waals surface area (Å²) in [5.74, 6) is -0.821. The molecule has 1 aromatic rings. The second kappa shape index (κ2) is 5.07. The lowest BCUT2D eigenvalue weighted by molar-refractivity contribution is 0.319. The number of sulfone groups is 1. The second-order valence-corrected chi connectivity index (χ2v) is 5.58. The fraction of sp³-hybridized carbons (Fsp3) is 0.300. The molecule has 0 atom stereocenters. The van der Waals surface area contributed by atoms with Crippen molar-refractivity contribution >= 4 is 15.5 Å². The van der Waals surface area contributed by atoms with Gasteiger partial charge in [-0.3, -0.25) is 0 Å². The van der Waals surface area contributed by atoms with Crippen LogP contribution in [0, 0.1) is 5.82 Å². The van der Waals surface area contributed by atoms with Crippen LogP contribution in [0.2, 0.25) is 0 Å². The van der Waals surface area contributed by atoms with Gasteiger partial charge in [0.15, 0.2) is 9.84 Å². The molecule has 0 radical (unpaired) electrons. The summed E-state index contributed by atoms with van der Waals surface area (Å²) in [5.41, 5.74) is 0.405. The number of hydrogen-bond donors (Lipinski definition) is 1. The predicted molar refractivity (Wildman–Crippen MR) is 59.1 cm³/mol. The largest absolute Gasteiger partial charge is 0.411 e. The van der Waals surface area contributed by atoms with E-state index in [0.29, 0.717) is 5.56 Å². The molecule has 0 saturated heterocycles. The highest BCUT2D eigenvalue weighted by Crippen LogP contribution is 2.06. The van der Waals surface area contributed by atoms with E-state index in [9.17, 15) is 12.8 Å². The van der Waals surface area contributed by atoms with Gasteiger partial charge in [-0.25, -0.2) is 12.8 Å². The van der Waals surface area contributed by atoms with Gasteiger partial charge in [-0.1, -0.05) is 24.2 Å². The molecular weight excluding hydrogens is 233 g/mol. The van der Waals surface area contributed by atoms with E-state index in [0.717, 1.165) is 0 Å². The van der Waals surface area contributed by atoms with Gasteiger partial charge in [0.1, 0.15) is 11.5 Å². The molecule has 4 nitrogen and oxygen atoms in total. The normalized spacial score (nSPS) is 12.8. The summed E-state index contributed by atoms with van der Waals surface area (Å²) in [6, 6.07) is 5.10. The van der Waals surface area contributed by atoms with Crippen LogP contribution in [0.25, 0.3) is 0 Å². The van der Waals surface area contributed by atoms with Crippen molar-refractivity contribution in [2.75, 3.05) is 11.5 Å². The van der Waals surface area contributed by atoms with E-state index < -0.39 is 15.7 Å². The molecule has 6 heteroatoms. The minimum atomic E-state index is -3.27. The standard InChI is InChI=1S/C10H12FNO3S/c1-2-16(14,15)7-10(12-13)8-3-5-9(11)6-4-8/h3-6,13H,2,7H2,1H3/b12-10-. The van der Waals surface area contributed by atoms with Crippen LogP contribution in [0.15, 0.2) is 29.4 Å². The average molecular weight is 245 g/mol. The number of nitrogens with zero attached hydrogens (tertiary/aromatic N) is 1. The van der Waals surface area contributed by atoms with Crippen LogP contribution >= 0.6 is 0 Å². The summed E-state index contributed by atoms with van der Waals surface area (Å²) < 4.78 is 35.3. The molecule has 0 saturated carbocycles. The maximum absolute atomic E-state index is 12.6. The SMILES string of the molecule is CCS(=O)(=O)C/C(=N/O)c1ccc(F)cc1. The van der Waals surface area contributed by atoms with Crippen molar-refractivity contribution in [1.82, 2.24) is 0 Å². The Hall–Kier alpha value is -1.43. The Balaban J connectivity index is 2.97. The van der Waals surface area contributed by atoms with Crippen LogP contribution in [0.5, 0.6) is 0 Å². The van der Waals surface area contributed by atoms with Crippen LogP contribution in [0.4, 0.5) is 4.39 Å². The number of benzene rings is 1. The molecule has 0 aliphatic heterocycles. The zero-order valence-corrected chi connectivity index (χ0v) is 9.54. The van der Waals surface area contributed by atoms with Gasteiger partial charge in [-0.15, -0.1) is 0 Å². The molecule has 0 unspecified atom stereocenters. The van der Waals surface area contributed by atoms with E-state index in [1.807, 2.05) is 0 Å². The summed E-state index contributed by atoms with van der Waals surface area (Å²) in [6.45, 7) is 1.51. The van der Waals surface area contributed by atoms with Crippen LogP contribution in [-0.4, -0.2) is 30.8 Å². The van der Waals surface area contributed by atoms with Gasteiger partial charge in [0, 0.05) is 11.3 Å². The second-order valence-electron chi connectivity index (χ2n) is 3.23. The van der Waals surface area contributed by atoms with Gasteiger partial charge < -0.3 is 5.21 Å². The summed E-state index contributed by atoms with van der Waals surface area (Å²) in [4.78, 5) is 0. The Bertz CT molecular complexity index is 479. The molecule has 1 rings (SSSR count). The van der Waals surface area contributed by atoms with Crippen molar-refractivity contribution in [3.8, 4) is 0 Å². The summed E-state index contributed by atoms with van der Waals surface area (Å²) in [6.07, 6.45) is 0. The van der Waals surface area contributed by atoms with Crippen LogP contribution in [-0.2, 0) is 9.84 Å². The Morgan fingerprint density at radius 1 is 1.38 bits per heavy atom. The highest BCUT2D eigenvalue weighted by atomic mass is 32.2. The van der Waals surface area contributed by atoms with Gasteiger partial charge in [0.2, 0.25) is 0 Å². The van der Waals surface area contributed by atoms with Crippen molar-refractivity contribution in [3.63, 3.8) is 0 Å². The third kappa shape index (κ3) is 3.30. The zero-order valence-electron chi connectivity index (χ0n) is 8.72. The highest BCUT2D eigenvalue weighted by molar-refractivity contribution is 7.92. The van der Waals surface area contributed by atoms with Gasteiger partial charge in [0.05, 0.1) is 5.75 Å². The first-order valence-corrected chi connectivity index (χ1v) is 6.48. The number of oxime groups is 1. The summed E-state index contributed by atoms with van der Waals surface area (Å²) >= 11 is 0. The molecular formula is C10H12FNO3S. The van der Waals surface area contributed by atoms with Crippen molar-refractivity contribution in [2.24, 2.45) is 5.16 Å². The third-order valence-corrected chi connectivity index (χ3v) is 3.69. The van der Waals surface area contributed by atoms with E-state index in [4.69, 9.17) is 5.21 Å². The van der Waals surface area contributed by atoms with E-state index >= 15 is 0 Å². The molecule has 1 N–H and O–H groups in total. The van der Waals surface area contributed by atoms with Gasteiger partial charge in [-0.05, 0) is 12.1 Å². The Morgan fingerprint density at radius 3 is 2.38 bits per heavy atom. The molecule has 16 heavy (non-hydrogen) atoms. The fourth-order valence-electron chi connectivity index (χ4n) is 1.12. The molecule has 1 aromatic carbocycles. The van der Waals surface area contributed by atoms with Gasteiger partial charge >= 0.3 is 0 Å². The molecule has 0 heterocycles. The van der Waals surface area contributed by atoms with E-state index in [2.05, 4.69) is 5.16 Å².